The normalized spacial score (nSPS) is 15.8. The lowest BCUT2D eigenvalue weighted by atomic mass is 10.0. The molecule has 210 valence electrons. The molecule has 1 aromatic heterocycles. The highest BCUT2D eigenvalue weighted by atomic mass is 32.1. The number of carbonyl (C=O) groups is 3. The minimum atomic E-state index is -0.515. The number of hydrogen-bond donors (Lipinski definition) is 2. The van der Waals surface area contributed by atoms with Gasteiger partial charge in [-0.25, -0.2) is 9.59 Å². The van der Waals surface area contributed by atoms with Crippen molar-refractivity contribution < 1.29 is 28.6 Å². The second kappa shape index (κ2) is 11.1. The van der Waals surface area contributed by atoms with E-state index in [1.165, 1.54) is 11.3 Å². The van der Waals surface area contributed by atoms with Gasteiger partial charge in [0.15, 0.2) is 11.5 Å². The van der Waals surface area contributed by atoms with Crippen LogP contribution >= 0.6 is 11.3 Å². The summed E-state index contributed by atoms with van der Waals surface area (Å²) in [4.78, 5) is 41.3. The predicted octanol–water partition coefficient (Wildman–Crippen LogP) is 5.89. The number of anilines is 1. The molecular weight excluding hydrogens is 542 g/mol. The molecule has 0 saturated heterocycles. The lowest BCUT2D eigenvalue weighted by Crippen LogP contribution is -2.39. The summed E-state index contributed by atoms with van der Waals surface area (Å²) in [5.74, 6) is 0.0403. The zero-order chi connectivity index (χ0) is 28.5. The van der Waals surface area contributed by atoms with Crippen LogP contribution in [0.4, 0.5) is 9.80 Å². The van der Waals surface area contributed by atoms with Crippen LogP contribution in [-0.2, 0) is 17.7 Å². The van der Waals surface area contributed by atoms with E-state index in [4.69, 9.17) is 14.2 Å². The molecule has 41 heavy (non-hydrogen) atoms. The minimum absolute atomic E-state index is 0.171. The largest absolute Gasteiger partial charge is 0.490 e. The number of thiophene rings is 1. The first-order valence-electron chi connectivity index (χ1n) is 13.6. The summed E-state index contributed by atoms with van der Waals surface area (Å²) in [7, 11) is 0. The number of amides is 2. The van der Waals surface area contributed by atoms with E-state index >= 15 is 0 Å². The number of rotatable bonds is 6. The third-order valence-corrected chi connectivity index (χ3v) is 8.32. The maximum atomic E-state index is 13.3. The van der Waals surface area contributed by atoms with E-state index in [-0.39, 0.29) is 12.0 Å². The third kappa shape index (κ3) is 5.06. The van der Waals surface area contributed by atoms with E-state index < -0.39 is 12.1 Å². The molecule has 0 spiro atoms. The van der Waals surface area contributed by atoms with Crippen molar-refractivity contribution >= 4 is 45.1 Å². The van der Waals surface area contributed by atoms with Crippen LogP contribution in [0.25, 0.3) is 10.8 Å². The Kier molecular flexibility index (Phi) is 7.23. The summed E-state index contributed by atoms with van der Waals surface area (Å²) >= 11 is 1.48. The van der Waals surface area contributed by atoms with Crippen molar-refractivity contribution in [2.45, 2.75) is 33.0 Å². The zero-order valence-electron chi connectivity index (χ0n) is 22.7. The molecule has 0 aliphatic carbocycles. The fraction of sp³-hybridized carbons (Fsp3) is 0.258. The Bertz CT molecular complexity index is 1660. The molecule has 2 amide bonds. The lowest BCUT2D eigenvalue weighted by Gasteiger charge is -2.28. The molecule has 10 heteroatoms. The molecule has 3 aromatic carbocycles. The van der Waals surface area contributed by atoms with Gasteiger partial charge in [-0.05, 0) is 60.4 Å². The van der Waals surface area contributed by atoms with E-state index in [9.17, 15) is 14.4 Å². The summed E-state index contributed by atoms with van der Waals surface area (Å²) in [5, 5.41) is 9.00. The molecule has 3 heterocycles. The van der Waals surface area contributed by atoms with Crippen LogP contribution in [0.2, 0.25) is 0 Å². The summed E-state index contributed by atoms with van der Waals surface area (Å²) in [6.07, 6.45) is -0.270. The van der Waals surface area contributed by atoms with Crippen molar-refractivity contribution in [2.75, 3.05) is 25.1 Å². The molecule has 2 N–H and O–H groups in total. The van der Waals surface area contributed by atoms with Gasteiger partial charge in [0, 0.05) is 11.4 Å². The number of benzene rings is 3. The quantitative estimate of drug-likeness (QED) is 0.220. The molecular formula is C31H29N3O6S. The van der Waals surface area contributed by atoms with E-state index in [1.807, 2.05) is 43.3 Å². The summed E-state index contributed by atoms with van der Waals surface area (Å²) in [6.45, 7) is 5.24. The van der Waals surface area contributed by atoms with Gasteiger partial charge in [0.05, 0.1) is 30.9 Å². The molecule has 2 aliphatic rings. The highest BCUT2D eigenvalue weighted by Crippen LogP contribution is 2.42. The maximum Gasteiger partial charge on any atom is 0.410 e. The Labute approximate surface area is 241 Å². The molecule has 9 nitrogen and oxygen atoms in total. The molecule has 0 saturated carbocycles. The number of hydrogen-bond acceptors (Lipinski definition) is 8. The number of carbonyl (C=O) groups excluding carboxylic acids is 3. The summed E-state index contributed by atoms with van der Waals surface area (Å²) < 4.78 is 16.8. The number of nitrogens with zero attached hydrogens (tertiary/aromatic N) is 1. The van der Waals surface area contributed by atoms with Crippen molar-refractivity contribution in [1.29, 1.82) is 0 Å². The van der Waals surface area contributed by atoms with Crippen LogP contribution in [0, 0.1) is 0 Å². The molecule has 4 aromatic rings. The van der Waals surface area contributed by atoms with Crippen molar-refractivity contribution in [3.63, 3.8) is 0 Å². The molecule has 0 radical (unpaired) electrons. The fourth-order valence-electron chi connectivity index (χ4n) is 5.27. The minimum Gasteiger partial charge on any atom is -0.490 e. The first-order chi connectivity index (χ1) is 20.0. The van der Waals surface area contributed by atoms with Crippen LogP contribution in [0.15, 0.2) is 60.7 Å². The third-order valence-electron chi connectivity index (χ3n) is 7.17. The van der Waals surface area contributed by atoms with Crippen LogP contribution in [0.3, 0.4) is 0 Å². The van der Waals surface area contributed by atoms with Gasteiger partial charge in [0.1, 0.15) is 11.2 Å². The monoisotopic (exact) mass is 571 g/mol. The van der Waals surface area contributed by atoms with Gasteiger partial charge in [-0.15, -0.1) is 11.3 Å². The fourth-order valence-corrected chi connectivity index (χ4v) is 6.56. The number of esters is 1. The average molecular weight is 572 g/mol. The van der Waals surface area contributed by atoms with Gasteiger partial charge in [0.2, 0.25) is 0 Å². The van der Waals surface area contributed by atoms with Gasteiger partial charge in [0.25, 0.3) is 5.91 Å². The van der Waals surface area contributed by atoms with Crippen LogP contribution in [-0.4, -0.2) is 42.6 Å². The SMILES string of the molecule is CCOC(=O)N1CCc2c(sc3c2C(=O)N[C@H](c2ccc(OC(=O)c4cccc5ccccc45)c(OCC)c2)N3)C1. The highest BCUT2D eigenvalue weighted by molar-refractivity contribution is 7.16. The molecule has 0 bridgehead atoms. The van der Waals surface area contributed by atoms with E-state index in [2.05, 4.69) is 10.6 Å². The average Bonchev–Trinajstić information content (AvgIpc) is 3.36. The van der Waals surface area contributed by atoms with Crippen molar-refractivity contribution in [3.8, 4) is 11.5 Å². The molecule has 2 aliphatic heterocycles. The van der Waals surface area contributed by atoms with Crippen LogP contribution in [0.1, 0.15) is 56.7 Å². The van der Waals surface area contributed by atoms with Crippen LogP contribution < -0.4 is 20.1 Å². The smallest absolute Gasteiger partial charge is 0.410 e. The van der Waals surface area contributed by atoms with E-state index in [0.29, 0.717) is 55.4 Å². The standard InChI is InChI=1S/C31H29N3O6S/c1-3-38-24-16-19(12-13-23(24)40-30(36)21-11-7-9-18-8-5-6-10-20(18)21)27-32-28(35)26-22-14-15-34(31(37)39-4-2)17-25(22)41-29(26)33-27/h5-13,16,27,33H,3-4,14-15,17H2,1-2H3,(H,32,35)/t27-/m0/s1. The van der Waals surface area contributed by atoms with Gasteiger partial charge >= 0.3 is 12.1 Å². The number of ether oxygens (including phenoxy) is 3. The lowest BCUT2D eigenvalue weighted by molar-refractivity contribution is 0.0730. The van der Waals surface area contributed by atoms with Gasteiger partial charge < -0.3 is 29.7 Å². The summed E-state index contributed by atoms with van der Waals surface area (Å²) in [5.41, 5.74) is 2.82. The number of fused-ring (bicyclic) bond motifs is 4. The second-order valence-corrected chi connectivity index (χ2v) is 10.8. The molecule has 0 unspecified atom stereocenters. The Morgan fingerprint density at radius 1 is 1.00 bits per heavy atom. The summed E-state index contributed by atoms with van der Waals surface area (Å²) in [6, 6.07) is 18.4. The Hall–Kier alpha value is -4.57. The van der Waals surface area contributed by atoms with Crippen LogP contribution in [0.5, 0.6) is 11.5 Å². The van der Waals surface area contributed by atoms with Gasteiger partial charge in [-0.1, -0.05) is 42.5 Å². The predicted molar refractivity (Wildman–Crippen MR) is 156 cm³/mol. The Balaban J connectivity index is 1.24. The first-order valence-corrected chi connectivity index (χ1v) is 14.4. The molecule has 0 fully saturated rings. The highest BCUT2D eigenvalue weighted by Gasteiger charge is 2.35. The maximum absolute atomic E-state index is 13.3. The second-order valence-electron chi connectivity index (χ2n) is 9.68. The van der Waals surface area contributed by atoms with Crippen molar-refractivity contribution in [1.82, 2.24) is 10.2 Å². The van der Waals surface area contributed by atoms with Gasteiger partial charge in [-0.2, -0.15) is 0 Å². The zero-order valence-corrected chi connectivity index (χ0v) is 23.5. The van der Waals surface area contributed by atoms with E-state index in [0.717, 1.165) is 31.8 Å². The van der Waals surface area contributed by atoms with E-state index in [1.54, 1.807) is 36.1 Å². The Morgan fingerprint density at radius 3 is 2.66 bits per heavy atom. The molecule has 1 atom stereocenters. The topological polar surface area (TPSA) is 106 Å². The first kappa shape index (κ1) is 26.6. The number of nitrogens with one attached hydrogen (secondary N) is 2. The van der Waals surface area contributed by atoms with Crippen molar-refractivity contribution in [2.24, 2.45) is 0 Å². The van der Waals surface area contributed by atoms with Gasteiger partial charge in [-0.3, -0.25) is 4.79 Å². The molecule has 6 rings (SSSR count). The van der Waals surface area contributed by atoms with Crippen molar-refractivity contribution in [3.05, 3.63) is 87.8 Å². The Morgan fingerprint density at radius 2 is 1.83 bits per heavy atom.